The number of nitrogens with one attached hydrogen (secondary N) is 2. The first-order chi connectivity index (χ1) is 8.97. The normalized spacial score (nSPS) is 12.8. The molecule has 2 N–H and O–H groups in total. The van der Waals surface area contributed by atoms with Crippen LogP contribution in [0.3, 0.4) is 0 Å². The fraction of sp³-hybridized carbons (Fsp3) is 0.714. The van der Waals surface area contributed by atoms with Crippen LogP contribution in [0, 0.1) is 5.92 Å². The van der Waals surface area contributed by atoms with Gasteiger partial charge in [-0.3, -0.25) is 0 Å². The molecule has 0 fully saturated rings. The van der Waals surface area contributed by atoms with Crippen LogP contribution in [-0.4, -0.2) is 36.8 Å². The van der Waals surface area contributed by atoms with Gasteiger partial charge in [0.05, 0.1) is 12.6 Å². The second-order valence-electron chi connectivity index (χ2n) is 5.35. The number of hydrogen-bond donors (Lipinski definition) is 2. The van der Waals surface area contributed by atoms with E-state index >= 15 is 0 Å². The number of methoxy groups -OCH3 is 1. The van der Waals surface area contributed by atoms with Crippen LogP contribution < -0.4 is 10.6 Å². The molecule has 5 nitrogen and oxygen atoms in total. The molecule has 0 bridgehead atoms. The zero-order chi connectivity index (χ0) is 14.4. The van der Waals surface area contributed by atoms with E-state index in [2.05, 4.69) is 48.3 Å². The smallest absolute Gasteiger partial charge is 0.135 e. The van der Waals surface area contributed by atoms with Crippen molar-refractivity contribution in [2.75, 3.05) is 31.4 Å². The van der Waals surface area contributed by atoms with Gasteiger partial charge in [-0.25, -0.2) is 9.97 Å². The first-order valence-corrected chi connectivity index (χ1v) is 6.80. The molecule has 0 aliphatic rings. The molecule has 5 heteroatoms. The van der Waals surface area contributed by atoms with Gasteiger partial charge in [0.25, 0.3) is 0 Å². The molecule has 1 aromatic rings. The molecular formula is C14H26N4O. The van der Waals surface area contributed by atoms with E-state index in [1.54, 1.807) is 7.11 Å². The van der Waals surface area contributed by atoms with Gasteiger partial charge in [0, 0.05) is 26.1 Å². The topological polar surface area (TPSA) is 59.1 Å². The van der Waals surface area contributed by atoms with E-state index in [1.165, 1.54) is 0 Å². The van der Waals surface area contributed by atoms with Gasteiger partial charge in [-0.2, -0.15) is 0 Å². The Morgan fingerprint density at radius 3 is 2.26 bits per heavy atom. The molecular weight excluding hydrogens is 240 g/mol. The number of rotatable bonds is 7. The molecule has 0 aliphatic carbocycles. The van der Waals surface area contributed by atoms with E-state index in [0.717, 1.165) is 17.5 Å². The van der Waals surface area contributed by atoms with Crippen LogP contribution in [0.4, 0.5) is 11.6 Å². The fourth-order valence-corrected chi connectivity index (χ4v) is 1.70. The lowest BCUT2D eigenvalue weighted by molar-refractivity contribution is 0.171. The van der Waals surface area contributed by atoms with Crippen molar-refractivity contribution in [3.8, 4) is 0 Å². The van der Waals surface area contributed by atoms with Crippen molar-refractivity contribution in [2.45, 2.75) is 39.7 Å². The predicted molar refractivity (Wildman–Crippen MR) is 79.8 cm³/mol. The minimum absolute atomic E-state index is 0.240. The molecule has 0 saturated carbocycles. The highest BCUT2D eigenvalue weighted by Crippen LogP contribution is 2.18. The maximum Gasteiger partial charge on any atom is 0.135 e. The summed E-state index contributed by atoms with van der Waals surface area (Å²) in [6.45, 7) is 9.18. The average molecular weight is 266 g/mol. The molecule has 19 heavy (non-hydrogen) atoms. The van der Waals surface area contributed by atoms with Crippen molar-refractivity contribution in [1.82, 2.24) is 9.97 Å². The zero-order valence-corrected chi connectivity index (χ0v) is 12.8. The number of ether oxygens (including phenoxy) is 1. The Hall–Kier alpha value is -1.36. The Balaban J connectivity index is 2.95. The summed E-state index contributed by atoms with van der Waals surface area (Å²) in [5.74, 6) is 3.29. The summed E-state index contributed by atoms with van der Waals surface area (Å²) in [6.07, 6.45) is 0. The summed E-state index contributed by atoms with van der Waals surface area (Å²) < 4.78 is 5.25. The molecule has 0 amide bonds. The quantitative estimate of drug-likeness (QED) is 0.794. The first kappa shape index (κ1) is 15.7. The highest BCUT2D eigenvalue weighted by molar-refractivity contribution is 5.48. The number of nitrogens with zero attached hydrogens (tertiary/aromatic N) is 2. The second kappa shape index (κ2) is 7.28. The summed E-state index contributed by atoms with van der Waals surface area (Å²) >= 11 is 0. The monoisotopic (exact) mass is 266 g/mol. The molecule has 1 unspecified atom stereocenters. The lowest BCUT2D eigenvalue weighted by Gasteiger charge is -2.22. The lowest BCUT2D eigenvalue weighted by Crippen LogP contribution is -2.31. The molecule has 1 atom stereocenters. The minimum atomic E-state index is 0.240. The van der Waals surface area contributed by atoms with Gasteiger partial charge in [0.15, 0.2) is 0 Å². The Bertz CT molecular complexity index is 393. The summed E-state index contributed by atoms with van der Waals surface area (Å²) in [5.41, 5.74) is 0. The Kier molecular flexibility index (Phi) is 6.02. The Labute approximate surface area is 116 Å². The Morgan fingerprint density at radius 1 is 1.16 bits per heavy atom. The third-order valence-electron chi connectivity index (χ3n) is 3.00. The molecule has 0 aliphatic heterocycles. The zero-order valence-electron chi connectivity index (χ0n) is 12.8. The number of hydrogen-bond acceptors (Lipinski definition) is 5. The summed E-state index contributed by atoms with van der Waals surface area (Å²) in [5, 5.41) is 6.51. The fourth-order valence-electron chi connectivity index (χ4n) is 1.70. The van der Waals surface area contributed by atoms with Gasteiger partial charge < -0.3 is 15.4 Å². The maximum atomic E-state index is 5.25. The third kappa shape index (κ3) is 4.67. The van der Waals surface area contributed by atoms with E-state index in [4.69, 9.17) is 4.74 Å². The van der Waals surface area contributed by atoms with Gasteiger partial charge in [-0.1, -0.05) is 27.7 Å². The predicted octanol–water partition coefficient (Wildman–Crippen LogP) is 2.72. The minimum Gasteiger partial charge on any atom is -0.383 e. The van der Waals surface area contributed by atoms with Crippen LogP contribution in [0.1, 0.15) is 39.4 Å². The summed E-state index contributed by atoms with van der Waals surface area (Å²) in [4.78, 5) is 9.02. The largest absolute Gasteiger partial charge is 0.383 e. The molecule has 1 aromatic heterocycles. The van der Waals surface area contributed by atoms with Crippen LogP contribution in [0.5, 0.6) is 0 Å². The summed E-state index contributed by atoms with van der Waals surface area (Å²) in [6, 6.07) is 2.17. The van der Waals surface area contributed by atoms with Gasteiger partial charge in [-0.15, -0.1) is 0 Å². The van der Waals surface area contributed by atoms with Crippen molar-refractivity contribution < 1.29 is 4.74 Å². The van der Waals surface area contributed by atoms with Crippen molar-refractivity contribution >= 4 is 11.6 Å². The van der Waals surface area contributed by atoms with E-state index in [0.29, 0.717) is 18.4 Å². The van der Waals surface area contributed by atoms with E-state index < -0.39 is 0 Å². The number of anilines is 2. The highest BCUT2D eigenvalue weighted by Gasteiger charge is 2.15. The first-order valence-electron chi connectivity index (χ1n) is 6.80. The van der Waals surface area contributed by atoms with Crippen molar-refractivity contribution in [2.24, 2.45) is 5.92 Å². The molecule has 1 rings (SSSR count). The highest BCUT2D eigenvalue weighted by atomic mass is 16.5. The second-order valence-corrected chi connectivity index (χ2v) is 5.35. The van der Waals surface area contributed by atoms with Gasteiger partial charge >= 0.3 is 0 Å². The standard InChI is InChI=1S/C14H26N4O/c1-9(2)11(8-19-6)16-13-7-12(15-5)17-14(18-13)10(3)4/h7,9-11H,8H2,1-6H3,(H2,15,16,17,18). The van der Waals surface area contributed by atoms with Gasteiger partial charge in [0.1, 0.15) is 17.5 Å². The molecule has 0 saturated heterocycles. The van der Waals surface area contributed by atoms with Gasteiger partial charge in [-0.05, 0) is 5.92 Å². The maximum absolute atomic E-state index is 5.25. The van der Waals surface area contributed by atoms with E-state index in [9.17, 15) is 0 Å². The van der Waals surface area contributed by atoms with Crippen molar-refractivity contribution in [3.63, 3.8) is 0 Å². The van der Waals surface area contributed by atoms with Crippen LogP contribution in [0.15, 0.2) is 6.07 Å². The molecule has 0 spiro atoms. The molecule has 1 heterocycles. The van der Waals surface area contributed by atoms with Gasteiger partial charge in [0.2, 0.25) is 0 Å². The molecule has 0 radical (unpaired) electrons. The van der Waals surface area contributed by atoms with E-state index in [-0.39, 0.29) is 6.04 Å². The van der Waals surface area contributed by atoms with Crippen molar-refractivity contribution in [3.05, 3.63) is 11.9 Å². The Morgan fingerprint density at radius 2 is 1.79 bits per heavy atom. The molecule has 0 aromatic carbocycles. The number of aromatic nitrogens is 2. The van der Waals surface area contributed by atoms with Crippen LogP contribution >= 0.6 is 0 Å². The van der Waals surface area contributed by atoms with Crippen molar-refractivity contribution in [1.29, 1.82) is 0 Å². The van der Waals surface area contributed by atoms with Crippen LogP contribution in [-0.2, 0) is 4.74 Å². The third-order valence-corrected chi connectivity index (χ3v) is 3.00. The SMILES string of the molecule is CNc1cc(NC(COC)C(C)C)nc(C(C)C)n1. The van der Waals surface area contributed by atoms with Crippen LogP contribution in [0.25, 0.3) is 0 Å². The lowest BCUT2D eigenvalue weighted by atomic mass is 10.1. The van der Waals surface area contributed by atoms with Crippen LogP contribution in [0.2, 0.25) is 0 Å². The van der Waals surface area contributed by atoms with E-state index in [1.807, 2.05) is 13.1 Å². The molecule has 108 valence electrons. The average Bonchev–Trinajstić information content (AvgIpc) is 2.37. The summed E-state index contributed by atoms with van der Waals surface area (Å²) in [7, 11) is 3.58.